The molecule has 3 rings (SSSR count). The Hall–Kier alpha value is -1.89. The summed E-state index contributed by atoms with van der Waals surface area (Å²) in [5.41, 5.74) is 6.79. The molecule has 8 heteroatoms. The lowest BCUT2D eigenvalue weighted by molar-refractivity contribution is -0.121. The first-order valence-corrected chi connectivity index (χ1v) is 10.2. The number of halogens is 2. The number of primary amides is 1. The van der Waals surface area contributed by atoms with Gasteiger partial charge in [0.1, 0.15) is 16.7 Å². The van der Waals surface area contributed by atoms with Gasteiger partial charge in [0.15, 0.2) is 0 Å². The molecule has 3 aromatic rings. The number of fused-ring (bicyclic) bond motifs is 1. The van der Waals surface area contributed by atoms with Crippen LogP contribution in [0.4, 0.5) is 0 Å². The van der Waals surface area contributed by atoms with Crippen LogP contribution in [0, 0.1) is 0 Å². The molecule has 0 fully saturated rings. The molecule has 1 atom stereocenters. The van der Waals surface area contributed by atoms with Gasteiger partial charge in [0.25, 0.3) is 5.56 Å². The average molecular weight is 424 g/mol. The number of aromatic nitrogens is 2. The van der Waals surface area contributed by atoms with Gasteiger partial charge in [-0.05, 0) is 24.1 Å². The molecule has 0 bridgehead atoms. The largest absolute Gasteiger partial charge is 0.368 e. The Balaban J connectivity index is 2.36. The average Bonchev–Trinajstić information content (AvgIpc) is 3.03. The Kier molecular flexibility index (Phi) is 5.60. The van der Waals surface area contributed by atoms with Gasteiger partial charge < -0.3 is 5.73 Å². The molecule has 2 N–H and O–H groups in total. The van der Waals surface area contributed by atoms with Gasteiger partial charge in [0.05, 0.1) is 15.4 Å². The first-order chi connectivity index (χ1) is 12.8. The van der Waals surface area contributed by atoms with Crippen molar-refractivity contribution in [3.05, 3.63) is 49.8 Å². The molecule has 0 aliphatic carbocycles. The van der Waals surface area contributed by atoms with Gasteiger partial charge in [0.2, 0.25) is 5.91 Å². The molecule has 1 amide bonds. The summed E-state index contributed by atoms with van der Waals surface area (Å²) >= 11 is 13.5. The smallest absolute Gasteiger partial charge is 0.263 e. The van der Waals surface area contributed by atoms with Gasteiger partial charge in [-0.1, -0.05) is 50.0 Å². The van der Waals surface area contributed by atoms with Gasteiger partial charge in [-0.25, -0.2) is 4.98 Å². The van der Waals surface area contributed by atoms with E-state index in [1.165, 1.54) is 15.9 Å². The van der Waals surface area contributed by atoms with E-state index in [-0.39, 0.29) is 11.5 Å². The first-order valence-electron chi connectivity index (χ1n) is 8.54. The summed E-state index contributed by atoms with van der Waals surface area (Å²) in [7, 11) is 0. The first kappa shape index (κ1) is 19.9. The predicted octanol–water partition coefficient (Wildman–Crippen LogP) is 4.99. The van der Waals surface area contributed by atoms with Crippen molar-refractivity contribution in [1.29, 1.82) is 0 Å². The third-order valence-corrected chi connectivity index (χ3v) is 6.05. The summed E-state index contributed by atoms with van der Waals surface area (Å²) in [4.78, 5) is 30.7. The summed E-state index contributed by atoms with van der Waals surface area (Å²) in [6.45, 7) is 5.69. The summed E-state index contributed by atoms with van der Waals surface area (Å²) in [5.74, 6) is -0.0271. The number of carbonyl (C=O) groups is 1. The fraction of sp³-hybridized carbons (Fsp3) is 0.316. The van der Waals surface area contributed by atoms with Gasteiger partial charge >= 0.3 is 0 Å². The number of hydrogen-bond donors (Lipinski definition) is 1. The second kappa shape index (κ2) is 7.62. The normalized spacial score (nSPS) is 12.7. The number of thiophene rings is 1. The Morgan fingerprint density at radius 3 is 2.56 bits per heavy atom. The minimum Gasteiger partial charge on any atom is -0.368 e. The van der Waals surface area contributed by atoms with Crippen molar-refractivity contribution in [3.8, 4) is 11.1 Å². The van der Waals surface area contributed by atoms with E-state index in [9.17, 15) is 9.59 Å². The standard InChI is InChI=1S/C19H19Cl2N3O2S/c1-4-14(16(22)25)24-17(9(2)3)23-18-15(19(24)26)11(8-27-18)10-5-6-12(20)13(21)7-10/h5-9,14H,4H2,1-3H3,(H2,22,25). The summed E-state index contributed by atoms with van der Waals surface area (Å²) in [6.07, 6.45) is 0.411. The maximum Gasteiger partial charge on any atom is 0.263 e. The molecule has 0 saturated heterocycles. The van der Waals surface area contributed by atoms with E-state index in [1.54, 1.807) is 18.2 Å². The molecule has 27 heavy (non-hydrogen) atoms. The van der Waals surface area contributed by atoms with Crippen LogP contribution in [0.1, 0.15) is 45.0 Å². The van der Waals surface area contributed by atoms with E-state index in [1.807, 2.05) is 26.2 Å². The zero-order chi connectivity index (χ0) is 19.9. The lowest BCUT2D eigenvalue weighted by Crippen LogP contribution is -2.36. The van der Waals surface area contributed by atoms with Gasteiger partial charge in [-0.3, -0.25) is 14.2 Å². The van der Waals surface area contributed by atoms with E-state index in [0.29, 0.717) is 32.5 Å². The van der Waals surface area contributed by atoms with Crippen LogP contribution in [-0.4, -0.2) is 15.5 Å². The van der Waals surface area contributed by atoms with Crippen LogP contribution in [0.25, 0.3) is 21.3 Å². The van der Waals surface area contributed by atoms with E-state index in [4.69, 9.17) is 28.9 Å². The van der Waals surface area contributed by atoms with Crippen LogP contribution in [0.3, 0.4) is 0 Å². The molecule has 2 heterocycles. The number of carbonyl (C=O) groups excluding carboxylic acids is 1. The summed E-state index contributed by atoms with van der Waals surface area (Å²) in [5, 5.41) is 3.18. The number of amides is 1. The lowest BCUT2D eigenvalue weighted by atomic mass is 10.1. The highest BCUT2D eigenvalue weighted by atomic mass is 35.5. The molecule has 5 nitrogen and oxygen atoms in total. The maximum atomic E-state index is 13.4. The quantitative estimate of drug-likeness (QED) is 0.627. The second-order valence-corrected chi connectivity index (χ2v) is 8.26. The molecule has 142 valence electrons. The SMILES string of the molecule is CCC(C(N)=O)n1c(C(C)C)nc2scc(-c3ccc(Cl)c(Cl)c3)c2c1=O. The van der Waals surface area contributed by atoms with Crippen LogP contribution in [0.2, 0.25) is 10.0 Å². The van der Waals surface area contributed by atoms with Crippen molar-refractivity contribution in [2.24, 2.45) is 5.73 Å². The molecule has 2 aromatic heterocycles. The van der Waals surface area contributed by atoms with Crippen molar-refractivity contribution < 1.29 is 4.79 Å². The highest BCUT2D eigenvalue weighted by molar-refractivity contribution is 7.17. The van der Waals surface area contributed by atoms with Gasteiger partial charge in [-0.2, -0.15) is 0 Å². The molecule has 0 saturated carbocycles. The molecule has 1 aromatic carbocycles. The lowest BCUT2D eigenvalue weighted by Gasteiger charge is -2.21. The second-order valence-electron chi connectivity index (χ2n) is 6.58. The Bertz CT molecular complexity index is 1090. The highest BCUT2D eigenvalue weighted by Gasteiger charge is 2.25. The van der Waals surface area contributed by atoms with Crippen molar-refractivity contribution in [2.45, 2.75) is 39.2 Å². The Morgan fingerprint density at radius 2 is 2.00 bits per heavy atom. The van der Waals surface area contributed by atoms with Crippen molar-refractivity contribution in [2.75, 3.05) is 0 Å². The third-order valence-electron chi connectivity index (χ3n) is 4.44. The summed E-state index contributed by atoms with van der Waals surface area (Å²) < 4.78 is 1.45. The van der Waals surface area contributed by atoms with Gasteiger partial charge in [0, 0.05) is 16.9 Å². The van der Waals surface area contributed by atoms with Gasteiger partial charge in [-0.15, -0.1) is 11.3 Å². The predicted molar refractivity (Wildman–Crippen MR) is 112 cm³/mol. The van der Waals surface area contributed by atoms with E-state index in [0.717, 1.165) is 11.1 Å². The zero-order valence-electron chi connectivity index (χ0n) is 15.1. The molecule has 0 spiro atoms. The Morgan fingerprint density at radius 1 is 1.30 bits per heavy atom. The molecule has 1 unspecified atom stereocenters. The summed E-state index contributed by atoms with van der Waals surface area (Å²) in [6, 6.07) is 4.47. The van der Waals surface area contributed by atoms with Crippen LogP contribution < -0.4 is 11.3 Å². The number of benzene rings is 1. The molecule has 0 aliphatic heterocycles. The molecular formula is C19H19Cl2N3O2S. The van der Waals surface area contributed by atoms with Crippen molar-refractivity contribution in [3.63, 3.8) is 0 Å². The van der Waals surface area contributed by atoms with Crippen molar-refractivity contribution >= 4 is 50.7 Å². The molecule has 0 radical (unpaired) electrons. The Labute approximate surface area is 170 Å². The monoisotopic (exact) mass is 423 g/mol. The fourth-order valence-electron chi connectivity index (χ4n) is 3.11. The number of nitrogens with two attached hydrogens (primary N) is 1. The topological polar surface area (TPSA) is 78.0 Å². The number of rotatable bonds is 5. The van der Waals surface area contributed by atoms with Crippen LogP contribution in [-0.2, 0) is 4.79 Å². The van der Waals surface area contributed by atoms with Crippen LogP contribution in [0.15, 0.2) is 28.4 Å². The fourth-order valence-corrected chi connectivity index (χ4v) is 4.36. The zero-order valence-corrected chi connectivity index (χ0v) is 17.5. The van der Waals surface area contributed by atoms with E-state index < -0.39 is 11.9 Å². The van der Waals surface area contributed by atoms with Crippen LogP contribution >= 0.6 is 34.5 Å². The van der Waals surface area contributed by atoms with E-state index in [2.05, 4.69) is 4.98 Å². The maximum absolute atomic E-state index is 13.4. The molecule has 0 aliphatic rings. The van der Waals surface area contributed by atoms with E-state index >= 15 is 0 Å². The third kappa shape index (κ3) is 3.49. The minimum atomic E-state index is -0.742. The number of nitrogens with zero attached hydrogens (tertiary/aromatic N) is 2. The van der Waals surface area contributed by atoms with Crippen molar-refractivity contribution in [1.82, 2.24) is 9.55 Å². The van der Waals surface area contributed by atoms with Crippen LogP contribution in [0.5, 0.6) is 0 Å². The minimum absolute atomic E-state index is 0.0361. The number of hydrogen-bond acceptors (Lipinski definition) is 4. The highest BCUT2D eigenvalue weighted by Crippen LogP contribution is 2.35. The molecular weight excluding hydrogens is 405 g/mol.